The van der Waals surface area contributed by atoms with E-state index in [1.807, 2.05) is 42.6 Å². The molecule has 2 aromatic carbocycles. The van der Waals surface area contributed by atoms with Crippen LogP contribution in [0.3, 0.4) is 0 Å². The van der Waals surface area contributed by atoms with Crippen molar-refractivity contribution >= 4 is 16.9 Å². The number of aromatic hydroxyl groups is 1. The maximum absolute atomic E-state index is 10.1. The number of rotatable bonds is 2. The Balaban J connectivity index is 1.44. The third kappa shape index (κ3) is 2.42. The number of hydrogen-bond donors (Lipinski definition) is 1. The first-order valence-corrected chi connectivity index (χ1v) is 10.3. The molecule has 0 spiro atoms. The van der Waals surface area contributed by atoms with Gasteiger partial charge in [-0.05, 0) is 61.7 Å². The maximum Gasteiger partial charge on any atom is 0.148 e. The molecule has 4 aliphatic heterocycles. The lowest BCUT2D eigenvalue weighted by Gasteiger charge is -2.51. The first-order chi connectivity index (χ1) is 13.8. The van der Waals surface area contributed by atoms with Crippen LogP contribution in [0.1, 0.15) is 24.3 Å². The second-order valence-corrected chi connectivity index (χ2v) is 8.43. The van der Waals surface area contributed by atoms with Gasteiger partial charge in [-0.2, -0.15) is 0 Å². The number of hydrogen-bond acceptors (Lipinski definition) is 5. The summed E-state index contributed by atoms with van der Waals surface area (Å²) in [6.45, 7) is 3.32. The second kappa shape index (κ2) is 6.17. The lowest BCUT2D eigenvalue weighted by atomic mass is 9.75. The molecule has 0 amide bonds. The highest BCUT2D eigenvalue weighted by molar-refractivity contribution is 5.75. The number of fused-ring (bicyclic) bond motifs is 3. The van der Waals surface area contributed by atoms with E-state index in [1.165, 1.54) is 31.5 Å². The van der Waals surface area contributed by atoms with Gasteiger partial charge in [0.2, 0.25) is 0 Å². The first-order valence-electron chi connectivity index (χ1n) is 10.3. The van der Waals surface area contributed by atoms with Gasteiger partial charge in [0.1, 0.15) is 11.6 Å². The summed E-state index contributed by atoms with van der Waals surface area (Å²) in [4.78, 5) is 14.8. The molecule has 0 radical (unpaired) electrons. The molecule has 0 saturated carbocycles. The summed E-state index contributed by atoms with van der Waals surface area (Å²) in [5, 5.41) is 10.1. The minimum absolute atomic E-state index is 0.356. The maximum atomic E-state index is 10.1. The molecule has 3 atom stereocenters. The molecule has 5 heteroatoms. The van der Waals surface area contributed by atoms with Crippen LogP contribution in [-0.2, 0) is 0 Å². The van der Waals surface area contributed by atoms with Crippen LogP contribution in [0.5, 0.6) is 5.75 Å². The number of phenols is 1. The Morgan fingerprint density at radius 2 is 1.75 bits per heavy atom. The lowest BCUT2D eigenvalue weighted by Crippen LogP contribution is -2.60. The van der Waals surface area contributed by atoms with Crippen molar-refractivity contribution < 1.29 is 5.11 Å². The van der Waals surface area contributed by atoms with Gasteiger partial charge in [-0.15, -0.1) is 0 Å². The van der Waals surface area contributed by atoms with Gasteiger partial charge in [0, 0.05) is 24.5 Å². The lowest BCUT2D eigenvalue weighted by molar-refractivity contribution is 0.0354. The van der Waals surface area contributed by atoms with E-state index in [-0.39, 0.29) is 0 Å². The fraction of sp³-hybridized carbons (Fsp3) is 0.391. The Morgan fingerprint density at radius 3 is 2.57 bits per heavy atom. The van der Waals surface area contributed by atoms with Crippen molar-refractivity contribution in [3.63, 3.8) is 0 Å². The largest absolute Gasteiger partial charge is 0.508 e. The zero-order chi connectivity index (χ0) is 18.7. The van der Waals surface area contributed by atoms with Crippen LogP contribution in [0.25, 0.3) is 11.0 Å². The first kappa shape index (κ1) is 16.3. The van der Waals surface area contributed by atoms with Crippen molar-refractivity contribution in [3.8, 4) is 5.75 Å². The minimum atomic E-state index is 0.356. The van der Waals surface area contributed by atoms with Gasteiger partial charge in [0.05, 0.1) is 17.2 Å². The van der Waals surface area contributed by atoms with Gasteiger partial charge < -0.3 is 10.0 Å². The van der Waals surface area contributed by atoms with Crippen LogP contribution in [0.15, 0.2) is 54.7 Å². The van der Waals surface area contributed by atoms with Crippen molar-refractivity contribution in [1.29, 1.82) is 0 Å². The molecule has 0 unspecified atom stereocenters. The summed E-state index contributed by atoms with van der Waals surface area (Å²) >= 11 is 0. The highest BCUT2D eigenvalue weighted by atomic mass is 16.3. The van der Waals surface area contributed by atoms with Gasteiger partial charge >= 0.3 is 0 Å². The molecule has 5 nitrogen and oxygen atoms in total. The summed E-state index contributed by atoms with van der Waals surface area (Å²) in [6, 6.07) is 16.9. The van der Waals surface area contributed by atoms with Crippen LogP contribution in [-0.4, -0.2) is 51.7 Å². The summed E-state index contributed by atoms with van der Waals surface area (Å²) in [6.07, 6.45) is 4.48. The number of nitrogens with zero attached hydrogens (tertiary/aromatic N) is 4. The van der Waals surface area contributed by atoms with E-state index < -0.39 is 0 Å². The van der Waals surface area contributed by atoms with Gasteiger partial charge in [0.15, 0.2) is 0 Å². The van der Waals surface area contributed by atoms with Crippen LogP contribution in [0.2, 0.25) is 0 Å². The van der Waals surface area contributed by atoms with Crippen molar-refractivity contribution in [2.45, 2.75) is 30.8 Å². The van der Waals surface area contributed by atoms with Crippen molar-refractivity contribution in [2.24, 2.45) is 5.92 Å². The van der Waals surface area contributed by atoms with Gasteiger partial charge in [0.25, 0.3) is 0 Å². The average molecular weight is 372 g/mol. The van der Waals surface area contributed by atoms with E-state index in [1.54, 1.807) is 6.07 Å². The molecule has 142 valence electrons. The molecule has 5 heterocycles. The van der Waals surface area contributed by atoms with Crippen molar-refractivity contribution in [3.05, 3.63) is 60.3 Å². The van der Waals surface area contributed by atoms with E-state index in [0.717, 1.165) is 23.4 Å². The van der Waals surface area contributed by atoms with Crippen LogP contribution < -0.4 is 4.90 Å². The van der Waals surface area contributed by atoms with Crippen molar-refractivity contribution in [2.75, 3.05) is 24.5 Å². The number of benzene rings is 2. The van der Waals surface area contributed by atoms with Gasteiger partial charge in [-0.1, -0.05) is 24.3 Å². The Labute approximate surface area is 164 Å². The smallest absolute Gasteiger partial charge is 0.148 e. The summed E-state index contributed by atoms with van der Waals surface area (Å²) < 4.78 is 0. The Kier molecular flexibility index (Phi) is 3.60. The van der Waals surface area contributed by atoms with Crippen LogP contribution in [0, 0.1) is 5.92 Å². The predicted molar refractivity (Wildman–Crippen MR) is 110 cm³/mol. The fourth-order valence-electron chi connectivity index (χ4n) is 5.82. The molecule has 4 saturated heterocycles. The molecule has 28 heavy (non-hydrogen) atoms. The third-order valence-corrected chi connectivity index (χ3v) is 7.02. The Bertz CT molecular complexity index is 1030. The monoisotopic (exact) mass is 372 g/mol. The summed E-state index contributed by atoms with van der Waals surface area (Å²) in [5.41, 5.74) is 3.14. The Hall–Kier alpha value is -2.66. The quantitative estimate of drug-likeness (QED) is 0.747. The molecular formula is C23H24N4O. The normalized spacial score (nSPS) is 31.3. The highest BCUT2D eigenvalue weighted by Crippen LogP contribution is 2.47. The number of anilines is 1. The van der Waals surface area contributed by atoms with Crippen LogP contribution >= 0.6 is 0 Å². The van der Waals surface area contributed by atoms with Crippen molar-refractivity contribution in [1.82, 2.24) is 14.9 Å². The van der Waals surface area contributed by atoms with Gasteiger partial charge in [-0.25, -0.2) is 4.98 Å². The Morgan fingerprint density at radius 1 is 0.929 bits per heavy atom. The third-order valence-electron chi connectivity index (χ3n) is 7.02. The topological polar surface area (TPSA) is 52.5 Å². The molecule has 2 bridgehead atoms. The number of phenolic OH excluding ortho intramolecular Hbond substituents is 1. The van der Waals surface area contributed by atoms with E-state index in [2.05, 4.69) is 20.9 Å². The molecule has 4 aliphatic rings. The fourth-order valence-corrected chi connectivity index (χ4v) is 5.82. The van der Waals surface area contributed by atoms with E-state index in [9.17, 15) is 5.11 Å². The standard InChI is InChI=1S/C23H24N4O/c28-17-5-3-4-16(12-17)18-14-27(22-15-8-10-26(11-9-15)23(18)22)21-13-24-19-6-1-2-7-20(19)25-21/h1-7,12-13,15,18,22-23,28H,8-11,14H2/t18-,22+,23+/m0/s1. The molecule has 1 N–H and O–H groups in total. The average Bonchev–Trinajstić information content (AvgIpc) is 3.17. The molecular weight excluding hydrogens is 348 g/mol. The van der Waals surface area contributed by atoms with Gasteiger partial charge in [-0.3, -0.25) is 9.88 Å². The molecule has 7 rings (SSSR count). The summed E-state index contributed by atoms with van der Waals surface area (Å²) in [7, 11) is 0. The minimum Gasteiger partial charge on any atom is -0.508 e. The SMILES string of the molecule is Oc1cccc([C@@H]2CN(c3cnc4ccccc4n3)[C@@H]3C4CCN(CC4)[C@@H]32)c1. The number of aromatic nitrogens is 2. The van der Waals surface area contributed by atoms with Crippen LogP contribution in [0.4, 0.5) is 5.82 Å². The molecule has 1 aromatic heterocycles. The predicted octanol–water partition coefficient (Wildman–Crippen LogP) is 3.40. The van der Waals surface area contributed by atoms with E-state index >= 15 is 0 Å². The zero-order valence-electron chi connectivity index (χ0n) is 15.8. The molecule has 4 fully saturated rings. The zero-order valence-corrected chi connectivity index (χ0v) is 15.8. The summed E-state index contributed by atoms with van der Waals surface area (Å²) in [5.74, 6) is 2.44. The highest BCUT2D eigenvalue weighted by Gasteiger charge is 2.53. The second-order valence-electron chi connectivity index (χ2n) is 8.43. The number of para-hydroxylation sites is 2. The number of piperidine rings is 3. The molecule has 3 aromatic rings. The van der Waals surface area contributed by atoms with E-state index in [0.29, 0.717) is 29.7 Å². The molecule has 0 aliphatic carbocycles. The van der Waals surface area contributed by atoms with E-state index in [4.69, 9.17) is 4.98 Å².